The van der Waals surface area contributed by atoms with Gasteiger partial charge in [0.15, 0.2) is 0 Å². The van der Waals surface area contributed by atoms with Crippen LogP contribution in [0.1, 0.15) is 35.6 Å². The molecule has 1 unspecified atom stereocenters. The van der Waals surface area contributed by atoms with Gasteiger partial charge in [0.25, 0.3) is 0 Å². The molecule has 1 heterocycles. The van der Waals surface area contributed by atoms with Crippen molar-refractivity contribution in [2.75, 3.05) is 19.7 Å². The molecule has 6 heteroatoms. The van der Waals surface area contributed by atoms with E-state index < -0.39 is 0 Å². The number of nitrogens with zero attached hydrogens (tertiary/aromatic N) is 2. The molecule has 0 saturated carbocycles. The summed E-state index contributed by atoms with van der Waals surface area (Å²) < 4.78 is 2.28. The number of hydrogen-bond donors (Lipinski definition) is 3. The van der Waals surface area contributed by atoms with Crippen LogP contribution in [0, 0.1) is 0 Å². The molecule has 3 aromatic rings. The fraction of sp³-hybridized carbons (Fsp3) is 0.375. The van der Waals surface area contributed by atoms with Crippen molar-refractivity contribution in [3.8, 4) is 0 Å². The number of amides is 1. The van der Waals surface area contributed by atoms with Crippen LogP contribution in [0.25, 0.3) is 10.9 Å². The van der Waals surface area contributed by atoms with Crippen LogP contribution in [0.15, 0.2) is 54.7 Å². The van der Waals surface area contributed by atoms with Gasteiger partial charge in [0.2, 0.25) is 5.91 Å². The molecule has 6 nitrogen and oxygen atoms in total. The number of benzene rings is 2. The molecule has 1 aliphatic carbocycles. The predicted molar refractivity (Wildman–Crippen MR) is 116 cm³/mol. The molecule has 0 fully saturated rings. The first-order valence-electron chi connectivity index (χ1n) is 10.6. The SMILES string of the molecule is O=C(CCc1ccc2c(c1)CCC2N(CCO)CCn1ccc2ccccc21)NO. The van der Waals surface area contributed by atoms with Crippen molar-refractivity contribution in [3.63, 3.8) is 0 Å². The number of aryl methyl sites for hydroxylation is 2. The van der Waals surface area contributed by atoms with E-state index >= 15 is 0 Å². The van der Waals surface area contributed by atoms with Crippen LogP contribution in [0.4, 0.5) is 0 Å². The maximum atomic E-state index is 11.3. The van der Waals surface area contributed by atoms with E-state index in [1.807, 2.05) is 0 Å². The number of hydroxylamine groups is 1. The first kappa shape index (κ1) is 20.6. The second-order valence-electron chi connectivity index (χ2n) is 7.95. The van der Waals surface area contributed by atoms with Crippen LogP contribution in [0.2, 0.25) is 0 Å². The van der Waals surface area contributed by atoms with Crippen LogP contribution in [0.3, 0.4) is 0 Å². The summed E-state index contributed by atoms with van der Waals surface area (Å²) in [4.78, 5) is 13.7. The van der Waals surface area contributed by atoms with Gasteiger partial charge in [0.05, 0.1) is 6.61 Å². The van der Waals surface area contributed by atoms with E-state index in [4.69, 9.17) is 5.21 Å². The van der Waals surface area contributed by atoms with Crippen molar-refractivity contribution in [2.24, 2.45) is 0 Å². The highest BCUT2D eigenvalue weighted by Crippen LogP contribution is 2.36. The quantitative estimate of drug-likeness (QED) is 0.376. The van der Waals surface area contributed by atoms with Crippen LogP contribution in [-0.4, -0.2) is 45.4 Å². The Morgan fingerprint density at radius 3 is 2.87 bits per heavy atom. The lowest BCUT2D eigenvalue weighted by Crippen LogP contribution is -2.33. The third-order valence-corrected chi connectivity index (χ3v) is 6.16. The van der Waals surface area contributed by atoms with Gasteiger partial charge in [-0.05, 0) is 53.5 Å². The molecule has 1 aliphatic rings. The van der Waals surface area contributed by atoms with Gasteiger partial charge in [-0.1, -0.05) is 36.4 Å². The third kappa shape index (κ3) is 4.41. The normalized spacial score (nSPS) is 15.6. The predicted octanol–water partition coefficient (Wildman–Crippen LogP) is 3.06. The second kappa shape index (κ2) is 9.43. The number of aliphatic hydroxyl groups excluding tert-OH is 1. The van der Waals surface area contributed by atoms with Crippen molar-refractivity contribution >= 4 is 16.8 Å². The topological polar surface area (TPSA) is 77.7 Å². The maximum Gasteiger partial charge on any atom is 0.243 e. The van der Waals surface area contributed by atoms with Crippen LogP contribution in [-0.2, 0) is 24.2 Å². The number of carbonyl (C=O) groups is 1. The average molecular weight is 408 g/mol. The average Bonchev–Trinajstić information content (AvgIpc) is 3.39. The Bertz CT molecular complexity index is 1010. The smallest absolute Gasteiger partial charge is 0.243 e. The Kier molecular flexibility index (Phi) is 6.47. The zero-order valence-electron chi connectivity index (χ0n) is 17.1. The van der Waals surface area contributed by atoms with Crippen LogP contribution < -0.4 is 5.48 Å². The fourth-order valence-corrected chi connectivity index (χ4v) is 4.62. The summed E-state index contributed by atoms with van der Waals surface area (Å²) in [6.45, 7) is 2.56. The Hall–Kier alpha value is -2.67. The molecule has 0 saturated heterocycles. The molecular weight excluding hydrogens is 378 g/mol. The first-order valence-corrected chi connectivity index (χ1v) is 10.6. The first-order chi connectivity index (χ1) is 14.7. The van der Waals surface area contributed by atoms with E-state index in [9.17, 15) is 9.90 Å². The number of fused-ring (bicyclic) bond motifs is 2. The molecule has 30 heavy (non-hydrogen) atoms. The largest absolute Gasteiger partial charge is 0.395 e. The van der Waals surface area contributed by atoms with Gasteiger partial charge in [0.1, 0.15) is 0 Å². The number of hydrogen-bond acceptors (Lipinski definition) is 4. The van der Waals surface area contributed by atoms with Crippen molar-refractivity contribution < 1.29 is 15.1 Å². The Morgan fingerprint density at radius 1 is 1.17 bits per heavy atom. The summed E-state index contributed by atoms with van der Waals surface area (Å²) in [6.07, 6.45) is 5.08. The lowest BCUT2D eigenvalue weighted by molar-refractivity contribution is -0.129. The number of rotatable bonds is 9. The number of nitrogens with one attached hydrogen (secondary N) is 1. The molecule has 0 bridgehead atoms. The van der Waals surface area contributed by atoms with E-state index in [2.05, 4.69) is 64.2 Å². The molecule has 1 aromatic heterocycles. The van der Waals surface area contributed by atoms with Gasteiger partial charge in [-0.15, -0.1) is 0 Å². The monoisotopic (exact) mass is 407 g/mol. The molecule has 2 aromatic carbocycles. The highest BCUT2D eigenvalue weighted by atomic mass is 16.5. The molecule has 0 aliphatic heterocycles. The highest BCUT2D eigenvalue weighted by Gasteiger charge is 2.27. The minimum Gasteiger partial charge on any atom is -0.395 e. The number of aromatic nitrogens is 1. The maximum absolute atomic E-state index is 11.3. The second-order valence-corrected chi connectivity index (χ2v) is 7.95. The van der Waals surface area contributed by atoms with Crippen molar-refractivity contribution in [3.05, 3.63) is 71.4 Å². The Morgan fingerprint density at radius 2 is 2.03 bits per heavy atom. The summed E-state index contributed by atoms with van der Waals surface area (Å²) in [6, 6.07) is 17.3. The van der Waals surface area contributed by atoms with Crippen LogP contribution >= 0.6 is 0 Å². The number of para-hydroxylation sites is 1. The Labute approximate surface area is 176 Å². The molecule has 0 radical (unpaired) electrons. The van der Waals surface area contributed by atoms with Crippen molar-refractivity contribution in [1.82, 2.24) is 14.9 Å². The fourth-order valence-electron chi connectivity index (χ4n) is 4.62. The summed E-state index contributed by atoms with van der Waals surface area (Å²) in [7, 11) is 0. The van der Waals surface area contributed by atoms with Gasteiger partial charge < -0.3 is 9.67 Å². The summed E-state index contributed by atoms with van der Waals surface area (Å²) >= 11 is 0. The van der Waals surface area contributed by atoms with Crippen molar-refractivity contribution in [1.29, 1.82) is 0 Å². The van der Waals surface area contributed by atoms with E-state index in [1.54, 1.807) is 5.48 Å². The standard InChI is InChI=1S/C24H29N3O3/c28-16-15-27(14-13-26-12-11-19-3-1-2-4-22(19)26)23-9-7-20-17-18(5-8-21(20)23)6-10-24(29)25-30/h1-5,8,11-12,17,23,28,30H,6-7,9-10,13-16H2,(H,25,29). The molecule has 3 N–H and O–H groups in total. The molecule has 4 rings (SSSR count). The van der Waals surface area contributed by atoms with E-state index in [0.29, 0.717) is 19.0 Å². The van der Waals surface area contributed by atoms with Gasteiger partial charge in [-0.2, -0.15) is 0 Å². The lowest BCUT2D eigenvalue weighted by Gasteiger charge is -2.29. The zero-order chi connectivity index (χ0) is 20.9. The molecular formula is C24H29N3O3. The van der Waals surface area contributed by atoms with Gasteiger partial charge in [-0.25, -0.2) is 5.48 Å². The minimum absolute atomic E-state index is 0.145. The molecule has 1 amide bonds. The number of carbonyl (C=O) groups excluding carboxylic acids is 1. The molecule has 158 valence electrons. The number of aliphatic hydroxyl groups is 1. The highest BCUT2D eigenvalue weighted by molar-refractivity contribution is 5.79. The van der Waals surface area contributed by atoms with Crippen LogP contribution in [0.5, 0.6) is 0 Å². The van der Waals surface area contributed by atoms with Gasteiger partial charge in [-0.3, -0.25) is 14.9 Å². The van der Waals surface area contributed by atoms with E-state index in [0.717, 1.165) is 31.5 Å². The lowest BCUT2D eigenvalue weighted by atomic mass is 10.0. The Balaban J connectivity index is 1.45. The molecule has 0 spiro atoms. The van der Waals surface area contributed by atoms with Gasteiger partial charge in [0, 0.05) is 43.8 Å². The van der Waals surface area contributed by atoms with Gasteiger partial charge >= 0.3 is 0 Å². The molecule has 1 atom stereocenters. The summed E-state index contributed by atoms with van der Waals surface area (Å²) in [5.74, 6) is -0.361. The zero-order valence-corrected chi connectivity index (χ0v) is 17.1. The summed E-state index contributed by atoms with van der Waals surface area (Å²) in [5.41, 5.74) is 6.71. The van der Waals surface area contributed by atoms with E-state index in [-0.39, 0.29) is 18.9 Å². The third-order valence-electron chi connectivity index (χ3n) is 6.16. The minimum atomic E-state index is -0.361. The summed E-state index contributed by atoms with van der Waals surface area (Å²) in [5, 5.41) is 19.6. The van der Waals surface area contributed by atoms with Crippen molar-refractivity contribution in [2.45, 2.75) is 38.3 Å². The van der Waals surface area contributed by atoms with E-state index in [1.165, 1.54) is 22.0 Å².